The normalized spacial score (nSPS) is 11.4. The van der Waals surface area contributed by atoms with Crippen molar-refractivity contribution in [3.05, 3.63) is 74.3 Å². The summed E-state index contributed by atoms with van der Waals surface area (Å²) in [6.45, 7) is 0. The van der Waals surface area contributed by atoms with Crippen molar-refractivity contribution < 1.29 is 0 Å². The van der Waals surface area contributed by atoms with Crippen LogP contribution in [0.5, 0.6) is 0 Å². The zero-order valence-corrected chi connectivity index (χ0v) is 13.2. The number of hydrogen-bond acceptors (Lipinski definition) is 3. The lowest BCUT2D eigenvalue weighted by Gasteiger charge is -2.03. The van der Waals surface area contributed by atoms with Crippen LogP contribution in [0.4, 0.5) is 0 Å². The maximum absolute atomic E-state index is 12.2. The molecule has 0 amide bonds. The molecule has 2 aromatic carbocycles. The molecule has 0 aliphatic heterocycles. The molecule has 0 atom stereocenters. The topological polar surface area (TPSA) is 69.5 Å². The third-order valence-electron chi connectivity index (χ3n) is 3.22. The van der Waals surface area contributed by atoms with Gasteiger partial charge in [0.25, 0.3) is 5.56 Å². The molecule has 0 fully saturated rings. The number of rotatable bonds is 2. The SMILES string of the molecule is N#C/C(=C\c1ccc(Cl)cc1)c1nc2ccc(Cl)cc2c(=O)[nH]1. The largest absolute Gasteiger partial charge is 0.305 e. The molecule has 3 aromatic rings. The van der Waals surface area contributed by atoms with Gasteiger partial charge in [-0.25, -0.2) is 4.98 Å². The number of nitriles is 1. The van der Waals surface area contributed by atoms with Crippen molar-refractivity contribution in [1.29, 1.82) is 5.26 Å². The molecule has 4 nitrogen and oxygen atoms in total. The number of nitrogens with one attached hydrogen (secondary N) is 1. The van der Waals surface area contributed by atoms with E-state index in [2.05, 4.69) is 16.0 Å². The Labute approximate surface area is 141 Å². The predicted molar refractivity (Wildman–Crippen MR) is 92.3 cm³/mol. The monoisotopic (exact) mass is 341 g/mol. The van der Waals surface area contributed by atoms with E-state index >= 15 is 0 Å². The van der Waals surface area contributed by atoms with E-state index in [-0.39, 0.29) is 17.0 Å². The number of allylic oxidation sites excluding steroid dienone is 1. The summed E-state index contributed by atoms with van der Waals surface area (Å²) < 4.78 is 0. The van der Waals surface area contributed by atoms with Crippen LogP contribution < -0.4 is 5.56 Å². The fourth-order valence-corrected chi connectivity index (χ4v) is 2.42. The van der Waals surface area contributed by atoms with Gasteiger partial charge in [0.1, 0.15) is 6.07 Å². The molecule has 0 aliphatic rings. The van der Waals surface area contributed by atoms with Crippen LogP contribution in [-0.2, 0) is 0 Å². The smallest absolute Gasteiger partial charge is 0.259 e. The lowest BCUT2D eigenvalue weighted by Crippen LogP contribution is -2.11. The van der Waals surface area contributed by atoms with Gasteiger partial charge in [0.05, 0.1) is 16.5 Å². The Bertz CT molecular complexity index is 1010. The molecule has 0 saturated heterocycles. The second-order valence-electron chi connectivity index (χ2n) is 4.80. The van der Waals surface area contributed by atoms with Gasteiger partial charge in [0.15, 0.2) is 5.82 Å². The minimum atomic E-state index is -0.343. The Balaban J connectivity index is 2.14. The number of aromatic nitrogens is 2. The highest BCUT2D eigenvalue weighted by atomic mass is 35.5. The summed E-state index contributed by atoms with van der Waals surface area (Å²) in [5.74, 6) is 0.210. The van der Waals surface area contributed by atoms with E-state index in [1.165, 1.54) is 0 Å². The Hall–Kier alpha value is -2.61. The summed E-state index contributed by atoms with van der Waals surface area (Å²) in [5.41, 5.74) is 1.17. The van der Waals surface area contributed by atoms with Gasteiger partial charge < -0.3 is 4.98 Å². The molecule has 1 heterocycles. The predicted octanol–water partition coefficient (Wildman–Crippen LogP) is 4.29. The number of H-pyrrole nitrogens is 1. The van der Waals surface area contributed by atoms with Gasteiger partial charge in [-0.2, -0.15) is 5.26 Å². The lowest BCUT2D eigenvalue weighted by atomic mass is 10.1. The lowest BCUT2D eigenvalue weighted by molar-refractivity contribution is 1.13. The van der Waals surface area contributed by atoms with Crippen molar-refractivity contribution >= 4 is 45.8 Å². The van der Waals surface area contributed by atoms with Crippen LogP contribution in [0.25, 0.3) is 22.6 Å². The highest BCUT2D eigenvalue weighted by molar-refractivity contribution is 6.31. The summed E-state index contributed by atoms with van der Waals surface area (Å²) in [5, 5.41) is 10.8. The van der Waals surface area contributed by atoms with Crippen LogP contribution >= 0.6 is 23.2 Å². The van der Waals surface area contributed by atoms with Crippen LogP contribution in [0.1, 0.15) is 11.4 Å². The molecule has 0 radical (unpaired) electrons. The highest BCUT2D eigenvalue weighted by Crippen LogP contribution is 2.19. The quantitative estimate of drug-likeness (QED) is 0.706. The van der Waals surface area contributed by atoms with Gasteiger partial charge in [-0.15, -0.1) is 0 Å². The third-order valence-corrected chi connectivity index (χ3v) is 3.71. The number of hydrogen-bond donors (Lipinski definition) is 1. The summed E-state index contributed by atoms with van der Waals surface area (Å²) >= 11 is 11.7. The van der Waals surface area contributed by atoms with E-state index in [4.69, 9.17) is 23.2 Å². The van der Waals surface area contributed by atoms with E-state index in [9.17, 15) is 10.1 Å². The molecule has 1 aromatic heterocycles. The molecular formula is C17H9Cl2N3O. The third kappa shape index (κ3) is 3.26. The maximum Gasteiger partial charge on any atom is 0.259 e. The minimum Gasteiger partial charge on any atom is -0.305 e. The number of halogens is 2. The summed E-state index contributed by atoms with van der Waals surface area (Å²) in [6, 6.07) is 13.9. The molecule has 0 saturated carbocycles. The highest BCUT2D eigenvalue weighted by Gasteiger charge is 2.09. The van der Waals surface area contributed by atoms with E-state index in [0.29, 0.717) is 20.9 Å². The van der Waals surface area contributed by atoms with Gasteiger partial charge in [0, 0.05) is 10.0 Å². The van der Waals surface area contributed by atoms with Crippen molar-refractivity contribution in [2.45, 2.75) is 0 Å². The first kappa shape index (κ1) is 15.3. The van der Waals surface area contributed by atoms with E-state index in [1.807, 2.05) is 0 Å². The zero-order chi connectivity index (χ0) is 16.4. The fourth-order valence-electron chi connectivity index (χ4n) is 2.12. The molecule has 23 heavy (non-hydrogen) atoms. The number of benzene rings is 2. The molecule has 0 unspecified atom stereocenters. The van der Waals surface area contributed by atoms with Gasteiger partial charge in [-0.3, -0.25) is 4.79 Å². The van der Waals surface area contributed by atoms with Gasteiger partial charge in [-0.05, 0) is 42.0 Å². The first-order valence-corrected chi connectivity index (χ1v) is 7.40. The van der Waals surface area contributed by atoms with E-state index in [1.54, 1.807) is 48.5 Å². The second kappa shape index (κ2) is 6.25. The number of fused-ring (bicyclic) bond motifs is 1. The van der Waals surface area contributed by atoms with Crippen molar-refractivity contribution in [3.8, 4) is 6.07 Å². The van der Waals surface area contributed by atoms with Crippen molar-refractivity contribution in [3.63, 3.8) is 0 Å². The van der Waals surface area contributed by atoms with Crippen LogP contribution in [0.3, 0.4) is 0 Å². The molecule has 0 spiro atoms. The Morgan fingerprint density at radius 3 is 2.52 bits per heavy atom. The zero-order valence-electron chi connectivity index (χ0n) is 11.7. The van der Waals surface area contributed by atoms with Crippen LogP contribution in [-0.4, -0.2) is 9.97 Å². The van der Waals surface area contributed by atoms with Gasteiger partial charge >= 0.3 is 0 Å². The van der Waals surface area contributed by atoms with E-state index in [0.717, 1.165) is 5.56 Å². The van der Waals surface area contributed by atoms with Gasteiger partial charge in [0.2, 0.25) is 0 Å². The van der Waals surface area contributed by atoms with Crippen LogP contribution in [0.15, 0.2) is 47.3 Å². The van der Waals surface area contributed by atoms with Crippen molar-refractivity contribution in [1.82, 2.24) is 9.97 Å². The first-order valence-electron chi connectivity index (χ1n) is 6.64. The minimum absolute atomic E-state index is 0.210. The van der Waals surface area contributed by atoms with Crippen molar-refractivity contribution in [2.24, 2.45) is 0 Å². The molecule has 112 valence electrons. The second-order valence-corrected chi connectivity index (χ2v) is 5.67. The van der Waals surface area contributed by atoms with Crippen LogP contribution in [0.2, 0.25) is 10.0 Å². The molecule has 0 aliphatic carbocycles. The van der Waals surface area contributed by atoms with Crippen molar-refractivity contribution in [2.75, 3.05) is 0 Å². The molecular weight excluding hydrogens is 333 g/mol. The number of aromatic amines is 1. The van der Waals surface area contributed by atoms with E-state index < -0.39 is 0 Å². The fraction of sp³-hybridized carbons (Fsp3) is 0. The average molecular weight is 342 g/mol. The Kier molecular flexibility index (Phi) is 4.16. The van der Waals surface area contributed by atoms with Crippen LogP contribution in [0, 0.1) is 11.3 Å². The first-order chi connectivity index (χ1) is 11.1. The Morgan fingerprint density at radius 1 is 1.13 bits per heavy atom. The summed E-state index contributed by atoms with van der Waals surface area (Å²) in [6.07, 6.45) is 1.64. The number of nitrogens with zero attached hydrogens (tertiary/aromatic N) is 2. The summed E-state index contributed by atoms with van der Waals surface area (Å²) in [7, 11) is 0. The standard InChI is InChI=1S/C17H9Cl2N3O/c18-12-3-1-10(2-4-12)7-11(9-20)16-21-15-6-5-13(19)8-14(15)17(23)22-16/h1-8H,(H,21,22,23)/b11-7+. The summed E-state index contributed by atoms with van der Waals surface area (Å²) in [4.78, 5) is 19.1. The Morgan fingerprint density at radius 2 is 1.83 bits per heavy atom. The molecule has 0 bridgehead atoms. The average Bonchev–Trinajstić information content (AvgIpc) is 2.55. The van der Waals surface area contributed by atoms with Gasteiger partial charge in [-0.1, -0.05) is 35.3 Å². The molecule has 1 N–H and O–H groups in total. The molecule has 3 rings (SSSR count). The molecule has 6 heteroatoms. The maximum atomic E-state index is 12.2.